The number of benzene rings is 1. The number of hydrogen-bond donors (Lipinski definition) is 1. The second kappa shape index (κ2) is 8.97. The van der Waals surface area contributed by atoms with E-state index in [1.165, 1.54) is 6.07 Å². The molecule has 5 heteroatoms. The van der Waals surface area contributed by atoms with Crippen molar-refractivity contribution >= 4 is 0 Å². The minimum Gasteiger partial charge on any atom is -0.496 e. The van der Waals surface area contributed by atoms with Crippen molar-refractivity contribution in [2.75, 3.05) is 47.9 Å². The smallest absolute Gasteiger partial charge is 0.131 e. The molecule has 21 heavy (non-hydrogen) atoms. The number of nitrogens with two attached hydrogens (primary N) is 1. The van der Waals surface area contributed by atoms with E-state index in [0.717, 1.165) is 26.1 Å². The third kappa shape index (κ3) is 5.99. The highest BCUT2D eigenvalue weighted by atomic mass is 19.1. The summed E-state index contributed by atoms with van der Waals surface area (Å²) in [5.41, 5.74) is 6.62. The summed E-state index contributed by atoms with van der Waals surface area (Å²) in [4.78, 5) is 4.40. The molecule has 0 spiro atoms. The second-order valence-electron chi connectivity index (χ2n) is 5.71. The number of ether oxygens (including phenoxy) is 1. The summed E-state index contributed by atoms with van der Waals surface area (Å²) in [7, 11) is 7.75. The predicted octanol–water partition coefficient (Wildman–Crippen LogP) is 2.11. The minimum atomic E-state index is -0.350. The topological polar surface area (TPSA) is 41.7 Å². The van der Waals surface area contributed by atoms with Gasteiger partial charge in [-0.15, -0.1) is 0 Å². The van der Waals surface area contributed by atoms with Gasteiger partial charge in [-0.1, -0.05) is 6.07 Å². The average Bonchev–Trinajstić information content (AvgIpc) is 2.44. The Bertz CT molecular complexity index is 426. The third-order valence-corrected chi connectivity index (χ3v) is 3.57. The maximum atomic E-state index is 13.9. The van der Waals surface area contributed by atoms with Crippen LogP contribution in [0, 0.1) is 5.82 Å². The molecule has 4 nitrogen and oxygen atoms in total. The van der Waals surface area contributed by atoms with Crippen LogP contribution in [0.3, 0.4) is 0 Å². The summed E-state index contributed by atoms with van der Waals surface area (Å²) >= 11 is 0. The zero-order valence-corrected chi connectivity index (χ0v) is 13.6. The lowest BCUT2D eigenvalue weighted by atomic mass is 10.0. The molecule has 0 saturated heterocycles. The van der Waals surface area contributed by atoms with Crippen LogP contribution in [0.2, 0.25) is 0 Å². The molecule has 0 aliphatic carbocycles. The van der Waals surface area contributed by atoms with E-state index in [-0.39, 0.29) is 11.9 Å². The van der Waals surface area contributed by atoms with Crippen molar-refractivity contribution in [1.29, 1.82) is 0 Å². The zero-order chi connectivity index (χ0) is 15.8. The number of nitrogens with zero attached hydrogens (tertiary/aromatic N) is 2. The molecule has 0 aromatic heterocycles. The molecule has 1 rings (SSSR count). The van der Waals surface area contributed by atoms with Crippen LogP contribution in [0.15, 0.2) is 18.2 Å². The van der Waals surface area contributed by atoms with Crippen molar-refractivity contribution in [3.05, 3.63) is 29.6 Å². The summed E-state index contributed by atoms with van der Waals surface area (Å²) in [5, 5.41) is 0. The highest BCUT2D eigenvalue weighted by Crippen LogP contribution is 2.28. The minimum absolute atomic E-state index is 0.294. The quantitative estimate of drug-likeness (QED) is 0.758. The molecule has 2 N–H and O–H groups in total. The van der Waals surface area contributed by atoms with Gasteiger partial charge in [-0.05, 0) is 65.8 Å². The van der Waals surface area contributed by atoms with Gasteiger partial charge in [-0.2, -0.15) is 0 Å². The van der Waals surface area contributed by atoms with Crippen LogP contribution in [0.5, 0.6) is 5.75 Å². The van der Waals surface area contributed by atoms with Crippen LogP contribution >= 0.6 is 0 Å². The molecule has 0 aliphatic heterocycles. The van der Waals surface area contributed by atoms with Crippen molar-refractivity contribution in [3.63, 3.8) is 0 Å². The molecular weight excluding hydrogens is 269 g/mol. The van der Waals surface area contributed by atoms with Gasteiger partial charge in [0.15, 0.2) is 0 Å². The summed E-state index contributed by atoms with van der Waals surface area (Å²) < 4.78 is 19.1. The summed E-state index contributed by atoms with van der Waals surface area (Å²) in [6, 6.07) is 4.47. The van der Waals surface area contributed by atoms with Crippen LogP contribution in [0.4, 0.5) is 4.39 Å². The molecular formula is C16H28FN3O. The van der Waals surface area contributed by atoms with Crippen LogP contribution in [-0.2, 0) is 0 Å². The molecule has 0 amide bonds. The molecule has 0 aliphatic rings. The lowest BCUT2D eigenvalue weighted by Gasteiger charge is -2.21. The van der Waals surface area contributed by atoms with Gasteiger partial charge >= 0.3 is 0 Å². The normalized spacial score (nSPS) is 13.0. The molecule has 0 heterocycles. The fourth-order valence-electron chi connectivity index (χ4n) is 2.33. The molecule has 0 saturated carbocycles. The van der Waals surface area contributed by atoms with Crippen molar-refractivity contribution in [2.45, 2.75) is 18.9 Å². The maximum absolute atomic E-state index is 13.9. The first-order valence-corrected chi connectivity index (χ1v) is 7.37. The van der Waals surface area contributed by atoms with Crippen LogP contribution < -0.4 is 10.5 Å². The highest BCUT2D eigenvalue weighted by molar-refractivity contribution is 5.37. The van der Waals surface area contributed by atoms with E-state index in [4.69, 9.17) is 10.5 Å². The number of methoxy groups -OCH3 is 1. The fraction of sp³-hybridized carbons (Fsp3) is 0.625. The van der Waals surface area contributed by atoms with Crippen LogP contribution in [0.25, 0.3) is 0 Å². The number of halogens is 1. The van der Waals surface area contributed by atoms with Crippen molar-refractivity contribution < 1.29 is 9.13 Å². The first-order valence-electron chi connectivity index (χ1n) is 7.37. The van der Waals surface area contributed by atoms with Gasteiger partial charge in [0.1, 0.15) is 11.6 Å². The molecule has 1 aromatic carbocycles. The summed E-state index contributed by atoms with van der Waals surface area (Å²) in [6.45, 7) is 2.92. The lowest BCUT2D eigenvalue weighted by Crippen LogP contribution is -2.27. The number of hydrogen-bond acceptors (Lipinski definition) is 4. The Morgan fingerprint density at radius 3 is 2.52 bits per heavy atom. The third-order valence-electron chi connectivity index (χ3n) is 3.57. The Morgan fingerprint density at radius 1 is 1.19 bits per heavy atom. The molecule has 1 aromatic rings. The maximum Gasteiger partial charge on any atom is 0.131 e. The second-order valence-corrected chi connectivity index (χ2v) is 5.71. The Morgan fingerprint density at radius 2 is 1.90 bits per heavy atom. The predicted molar refractivity (Wildman–Crippen MR) is 85.2 cm³/mol. The van der Waals surface area contributed by atoms with Crippen LogP contribution in [-0.4, -0.2) is 57.7 Å². The molecule has 120 valence electrons. The highest BCUT2D eigenvalue weighted by Gasteiger charge is 2.17. The van der Waals surface area contributed by atoms with E-state index in [0.29, 0.717) is 17.7 Å². The molecule has 1 atom stereocenters. The van der Waals surface area contributed by atoms with E-state index in [2.05, 4.69) is 30.9 Å². The van der Waals surface area contributed by atoms with Gasteiger partial charge in [0.05, 0.1) is 7.11 Å². The van der Waals surface area contributed by atoms with E-state index in [9.17, 15) is 4.39 Å². The van der Waals surface area contributed by atoms with Crippen molar-refractivity contribution in [2.24, 2.45) is 5.73 Å². The Hall–Kier alpha value is -1.17. The molecule has 0 radical (unpaired) electrons. The van der Waals surface area contributed by atoms with Gasteiger partial charge in [0.2, 0.25) is 0 Å². The zero-order valence-electron chi connectivity index (χ0n) is 13.6. The van der Waals surface area contributed by atoms with Gasteiger partial charge in [0, 0.05) is 11.6 Å². The van der Waals surface area contributed by atoms with Crippen LogP contribution in [0.1, 0.15) is 24.4 Å². The van der Waals surface area contributed by atoms with E-state index in [1.807, 2.05) is 0 Å². The summed E-state index contributed by atoms with van der Waals surface area (Å²) in [6.07, 6.45) is 1.82. The standard InChI is InChI=1S/C16H28FN3O/c1-19(2)10-6-11-20(3)12-9-14(18)16-13(17)7-5-8-15(16)21-4/h5,7-8,14H,6,9-12,18H2,1-4H3. The fourth-order valence-corrected chi connectivity index (χ4v) is 2.33. The van der Waals surface area contributed by atoms with Gasteiger partial charge < -0.3 is 20.3 Å². The van der Waals surface area contributed by atoms with Crippen molar-refractivity contribution in [1.82, 2.24) is 9.80 Å². The molecule has 1 unspecified atom stereocenters. The Kier molecular flexibility index (Phi) is 7.64. The first kappa shape index (κ1) is 17.9. The largest absolute Gasteiger partial charge is 0.496 e. The van der Waals surface area contributed by atoms with Gasteiger partial charge in [-0.25, -0.2) is 4.39 Å². The average molecular weight is 297 g/mol. The van der Waals surface area contributed by atoms with Gasteiger partial charge in [0.25, 0.3) is 0 Å². The van der Waals surface area contributed by atoms with E-state index < -0.39 is 0 Å². The van der Waals surface area contributed by atoms with Gasteiger partial charge in [-0.3, -0.25) is 0 Å². The lowest BCUT2D eigenvalue weighted by molar-refractivity contribution is 0.289. The molecule has 0 fully saturated rings. The number of rotatable bonds is 9. The monoisotopic (exact) mass is 297 g/mol. The first-order chi connectivity index (χ1) is 9.95. The Labute approximate surface area is 127 Å². The van der Waals surface area contributed by atoms with E-state index in [1.54, 1.807) is 19.2 Å². The summed E-state index contributed by atoms with van der Waals surface area (Å²) in [5.74, 6) is 0.231. The Balaban J connectivity index is 2.48. The SMILES string of the molecule is COc1cccc(F)c1C(N)CCN(C)CCCN(C)C. The van der Waals surface area contributed by atoms with E-state index >= 15 is 0 Å². The van der Waals surface area contributed by atoms with Crippen molar-refractivity contribution in [3.8, 4) is 5.75 Å². The molecule has 0 bridgehead atoms.